The standard InChI is InChI=1S/C11H14FN/c1-13(9-5-4-6-9)11-8-3-2-7-10(11)12/h2-3,7-9H,4-6H2,1H3. The number of anilines is 1. The molecule has 0 aromatic heterocycles. The number of benzene rings is 1. The summed E-state index contributed by atoms with van der Waals surface area (Å²) in [5, 5.41) is 0. The van der Waals surface area contributed by atoms with Gasteiger partial charge in [0.15, 0.2) is 0 Å². The summed E-state index contributed by atoms with van der Waals surface area (Å²) in [5.74, 6) is -0.114. The lowest BCUT2D eigenvalue weighted by Gasteiger charge is -2.36. The summed E-state index contributed by atoms with van der Waals surface area (Å²) in [6.45, 7) is 0. The minimum absolute atomic E-state index is 0.114. The molecule has 1 saturated carbocycles. The van der Waals surface area contributed by atoms with Crippen LogP contribution in [0.2, 0.25) is 0 Å². The van der Waals surface area contributed by atoms with Crippen molar-refractivity contribution in [1.29, 1.82) is 0 Å². The second-order valence-corrected chi connectivity index (χ2v) is 3.65. The molecule has 1 fully saturated rings. The third-order valence-corrected chi connectivity index (χ3v) is 2.85. The Kier molecular flexibility index (Phi) is 2.21. The molecule has 1 aromatic carbocycles. The van der Waals surface area contributed by atoms with Crippen molar-refractivity contribution in [3.8, 4) is 0 Å². The van der Waals surface area contributed by atoms with Crippen molar-refractivity contribution >= 4 is 5.69 Å². The van der Waals surface area contributed by atoms with Crippen LogP contribution in [0.15, 0.2) is 24.3 Å². The number of nitrogens with zero attached hydrogens (tertiary/aromatic N) is 1. The highest BCUT2D eigenvalue weighted by molar-refractivity contribution is 5.48. The molecule has 1 aliphatic carbocycles. The normalized spacial score (nSPS) is 16.8. The first-order valence-corrected chi connectivity index (χ1v) is 4.76. The number of halogens is 1. The van der Waals surface area contributed by atoms with E-state index in [0.29, 0.717) is 6.04 Å². The van der Waals surface area contributed by atoms with Gasteiger partial charge in [-0.3, -0.25) is 0 Å². The molecule has 2 heteroatoms. The second-order valence-electron chi connectivity index (χ2n) is 3.65. The number of para-hydroxylation sites is 1. The average Bonchev–Trinajstić information content (AvgIpc) is 2.01. The Morgan fingerprint density at radius 2 is 2.00 bits per heavy atom. The third kappa shape index (κ3) is 1.53. The van der Waals surface area contributed by atoms with E-state index in [4.69, 9.17) is 0 Å². The monoisotopic (exact) mass is 179 g/mol. The van der Waals surface area contributed by atoms with Crippen LogP contribution >= 0.6 is 0 Å². The second kappa shape index (κ2) is 3.36. The average molecular weight is 179 g/mol. The van der Waals surface area contributed by atoms with Crippen LogP contribution in [0.4, 0.5) is 10.1 Å². The molecular formula is C11H14FN. The molecule has 1 nitrogen and oxygen atoms in total. The van der Waals surface area contributed by atoms with Crippen LogP contribution in [0.5, 0.6) is 0 Å². The van der Waals surface area contributed by atoms with E-state index in [1.807, 2.05) is 19.2 Å². The van der Waals surface area contributed by atoms with Crippen molar-refractivity contribution in [2.24, 2.45) is 0 Å². The summed E-state index contributed by atoms with van der Waals surface area (Å²) >= 11 is 0. The van der Waals surface area contributed by atoms with Crippen LogP contribution in [0.3, 0.4) is 0 Å². The number of hydrogen-bond acceptors (Lipinski definition) is 1. The summed E-state index contributed by atoms with van der Waals surface area (Å²) < 4.78 is 13.3. The third-order valence-electron chi connectivity index (χ3n) is 2.85. The molecule has 70 valence electrons. The molecular weight excluding hydrogens is 165 g/mol. The van der Waals surface area contributed by atoms with Gasteiger partial charge in [0, 0.05) is 13.1 Å². The van der Waals surface area contributed by atoms with Gasteiger partial charge < -0.3 is 4.90 Å². The van der Waals surface area contributed by atoms with Crippen molar-refractivity contribution in [2.75, 3.05) is 11.9 Å². The largest absolute Gasteiger partial charge is 0.369 e. The summed E-state index contributed by atoms with van der Waals surface area (Å²) in [7, 11) is 1.97. The first-order valence-electron chi connectivity index (χ1n) is 4.76. The maximum Gasteiger partial charge on any atom is 0.146 e. The zero-order valence-electron chi connectivity index (χ0n) is 7.83. The summed E-state index contributed by atoms with van der Waals surface area (Å²) in [5.41, 5.74) is 0.729. The first-order chi connectivity index (χ1) is 6.29. The van der Waals surface area contributed by atoms with Crippen molar-refractivity contribution in [2.45, 2.75) is 25.3 Å². The summed E-state index contributed by atoms with van der Waals surface area (Å²) in [6, 6.07) is 7.52. The Morgan fingerprint density at radius 3 is 2.54 bits per heavy atom. The fourth-order valence-corrected chi connectivity index (χ4v) is 1.71. The Bertz CT molecular complexity index is 294. The van der Waals surface area contributed by atoms with Crippen molar-refractivity contribution in [3.05, 3.63) is 30.1 Å². The molecule has 0 aliphatic heterocycles. The minimum atomic E-state index is -0.114. The van der Waals surface area contributed by atoms with E-state index in [9.17, 15) is 4.39 Å². The van der Waals surface area contributed by atoms with Gasteiger partial charge in [0.05, 0.1) is 5.69 Å². The van der Waals surface area contributed by atoms with E-state index >= 15 is 0 Å². The maximum absolute atomic E-state index is 13.3. The molecule has 0 spiro atoms. The van der Waals surface area contributed by atoms with Gasteiger partial charge in [0.1, 0.15) is 5.82 Å². The predicted molar refractivity (Wildman–Crippen MR) is 52.4 cm³/mol. The van der Waals surface area contributed by atoms with Gasteiger partial charge in [-0.15, -0.1) is 0 Å². The molecule has 0 radical (unpaired) electrons. The van der Waals surface area contributed by atoms with E-state index in [-0.39, 0.29) is 5.82 Å². The quantitative estimate of drug-likeness (QED) is 0.674. The fraction of sp³-hybridized carbons (Fsp3) is 0.455. The minimum Gasteiger partial charge on any atom is -0.369 e. The summed E-state index contributed by atoms with van der Waals surface area (Å²) in [6.07, 6.45) is 3.68. The molecule has 0 amide bonds. The fourth-order valence-electron chi connectivity index (χ4n) is 1.71. The van der Waals surface area contributed by atoms with Crippen LogP contribution in [0.1, 0.15) is 19.3 Å². The van der Waals surface area contributed by atoms with Gasteiger partial charge in [0.2, 0.25) is 0 Å². The van der Waals surface area contributed by atoms with Crippen molar-refractivity contribution in [3.63, 3.8) is 0 Å². The first kappa shape index (κ1) is 8.54. The lowest BCUT2D eigenvalue weighted by molar-refractivity contribution is 0.398. The van der Waals surface area contributed by atoms with Crippen LogP contribution < -0.4 is 4.90 Å². The number of rotatable bonds is 2. The van der Waals surface area contributed by atoms with Gasteiger partial charge in [-0.2, -0.15) is 0 Å². The molecule has 1 aliphatic rings. The molecule has 0 bridgehead atoms. The number of hydrogen-bond donors (Lipinski definition) is 0. The van der Waals surface area contributed by atoms with E-state index in [2.05, 4.69) is 4.90 Å². The molecule has 0 atom stereocenters. The topological polar surface area (TPSA) is 3.24 Å². The highest BCUT2D eigenvalue weighted by Crippen LogP contribution is 2.29. The SMILES string of the molecule is CN(c1ccccc1F)C1CCC1. The maximum atomic E-state index is 13.3. The Hall–Kier alpha value is -1.05. The molecule has 1 aromatic rings. The lowest BCUT2D eigenvalue weighted by Crippen LogP contribution is -2.37. The molecule has 0 N–H and O–H groups in total. The van der Waals surface area contributed by atoms with Gasteiger partial charge in [-0.1, -0.05) is 12.1 Å². The van der Waals surface area contributed by atoms with Crippen molar-refractivity contribution < 1.29 is 4.39 Å². The highest BCUT2D eigenvalue weighted by Gasteiger charge is 2.23. The summed E-state index contributed by atoms with van der Waals surface area (Å²) in [4.78, 5) is 2.05. The zero-order valence-corrected chi connectivity index (χ0v) is 7.83. The van der Waals surface area contributed by atoms with Crippen LogP contribution in [0.25, 0.3) is 0 Å². The van der Waals surface area contributed by atoms with E-state index in [0.717, 1.165) is 5.69 Å². The smallest absolute Gasteiger partial charge is 0.146 e. The molecule has 0 unspecified atom stereocenters. The van der Waals surface area contributed by atoms with Crippen LogP contribution in [-0.2, 0) is 0 Å². The van der Waals surface area contributed by atoms with Crippen molar-refractivity contribution in [1.82, 2.24) is 0 Å². The van der Waals surface area contributed by atoms with E-state index in [1.165, 1.54) is 25.3 Å². The van der Waals surface area contributed by atoms with Crippen LogP contribution in [-0.4, -0.2) is 13.1 Å². The van der Waals surface area contributed by atoms with Crippen LogP contribution in [0, 0.1) is 5.82 Å². The molecule has 0 heterocycles. The van der Waals surface area contributed by atoms with E-state index < -0.39 is 0 Å². The van der Waals surface area contributed by atoms with Gasteiger partial charge in [0.25, 0.3) is 0 Å². The lowest BCUT2D eigenvalue weighted by atomic mass is 9.91. The highest BCUT2D eigenvalue weighted by atomic mass is 19.1. The molecule has 0 saturated heterocycles. The van der Waals surface area contributed by atoms with Gasteiger partial charge in [-0.25, -0.2) is 4.39 Å². The predicted octanol–water partition coefficient (Wildman–Crippen LogP) is 2.81. The zero-order chi connectivity index (χ0) is 9.26. The molecule has 13 heavy (non-hydrogen) atoms. The Balaban J connectivity index is 2.18. The van der Waals surface area contributed by atoms with Gasteiger partial charge >= 0.3 is 0 Å². The van der Waals surface area contributed by atoms with E-state index in [1.54, 1.807) is 6.07 Å². The molecule has 2 rings (SSSR count). The Labute approximate surface area is 78.2 Å². The Morgan fingerprint density at radius 1 is 1.31 bits per heavy atom. The van der Waals surface area contributed by atoms with Gasteiger partial charge in [-0.05, 0) is 31.4 Å².